The highest BCUT2D eigenvalue weighted by Gasteiger charge is 2.05. The third-order valence-corrected chi connectivity index (χ3v) is 2.72. The van der Waals surface area contributed by atoms with Gasteiger partial charge >= 0.3 is 12.0 Å². The second-order valence-corrected chi connectivity index (χ2v) is 5.37. The van der Waals surface area contributed by atoms with E-state index in [4.69, 9.17) is 5.11 Å². The van der Waals surface area contributed by atoms with Gasteiger partial charge in [-0.2, -0.15) is 0 Å². The number of carboxylic acid groups (broad SMARTS) is 1. The maximum Gasteiger partial charge on any atom is 0.315 e. The summed E-state index contributed by atoms with van der Waals surface area (Å²) in [6.07, 6.45) is 3.37. The van der Waals surface area contributed by atoms with E-state index in [1.54, 1.807) is 0 Å². The molecule has 4 N–H and O–H groups in total. The van der Waals surface area contributed by atoms with Crippen molar-refractivity contribution in [3.8, 4) is 0 Å². The molecule has 0 saturated carbocycles. The van der Waals surface area contributed by atoms with Crippen LogP contribution in [0.25, 0.3) is 0 Å². The third-order valence-electron chi connectivity index (χ3n) is 2.72. The van der Waals surface area contributed by atoms with Gasteiger partial charge in [0.2, 0.25) is 5.91 Å². The number of urea groups is 1. The molecule has 0 aromatic rings. The molecule has 0 aromatic carbocycles. The summed E-state index contributed by atoms with van der Waals surface area (Å²) in [6.45, 7) is 5.08. The molecular formula is C14H27N3O4. The number of hydrogen-bond acceptors (Lipinski definition) is 3. The number of carbonyl (C=O) groups excluding carboxylic acids is 2. The number of unbranched alkanes of at least 4 members (excludes halogenated alkanes) is 3. The van der Waals surface area contributed by atoms with Crippen molar-refractivity contribution >= 4 is 17.9 Å². The topological polar surface area (TPSA) is 108 Å². The Labute approximate surface area is 125 Å². The SMILES string of the molecule is CC(C)CNC(=O)CNC(=O)NCCCCCCC(=O)O. The van der Waals surface area contributed by atoms with Crippen LogP contribution in [0.3, 0.4) is 0 Å². The van der Waals surface area contributed by atoms with Crippen LogP contribution in [0.4, 0.5) is 4.79 Å². The first-order valence-electron chi connectivity index (χ1n) is 7.42. The summed E-state index contributed by atoms with van der Waals surface area (Å²) in [5, 5.41) is 16.3. The van der Waals surface area contributed by atoms with E-state index in [0.29, 0.717) is 25.4 Å². The first-order chi connectivity index (χ1) is 9.91. The molecule has 0 fully saturated rings. The van der Waals surface area contributed by atoms with Gasteiger partial charge in [0.25, 0.3) is 0 Å². The molecule has 0 saturated heterocycles. The lowest BCUT2D eigenvalue weighted by Crippen LogP contribution is -2.42. The van der Waals surface area contributed by atoms with Gasteiger partial charge in [0.05, 0.1) is 6.54 Å². The van der Waals surface area contributed by atoms with E-state index < -0.39 is 5.97 Å². The average molecular weight is 301 g/mol. The summed E-state index contributed by atoms with van der Waals surface area (Å²) in [7, 11) is 0. The maximum atomic E-state index is 11.4. The highest BCUT2D eigenvalue weighted by atomic mass is 16.4. The molecule has 0 spiro atoms. The lowest BCUT2D eigenvalue weighted by Gasteiger charge is -2.09. The van der Waals surface area contributed by atoms with Gasteiger partial charge in [-0.25, -0.2) is 4.79 Å². The molecule has 0 bridgehead atoms. The summed E-state index contributed by atoms with van der Waals surface area (Å²) in [5.74, 6) is -0.598. The minimum Gasteiger partial charge on any atom is -0.481 e. The van der Waals surface area contributed by atoms with Crippen LogP contribution >= 0.6 is 0 Å². The van der Waals surface area contributed by atoms with Gasteiger partial charge in [-0.1, -0.05) is 26.7 Å². The zero-order chi connectivity index (χ0) is 16.1. The van der Waals surface area contributed by atoms with E-state index in [9.17, 15) is 14.4 Å². The van der Waals surface area contributed by atoms with Crippen molar-refractivity contribution in [1.82, 2.24) is 16.0 Å². The molecule has 0 rings (SSSR count). The zero-order valence-electron chi connectivity index (χ0n) is 12.9. The van der Waals surface area contributed by atoms with Crippen LogP contribution in [0.15, 0.2) is 0 Å². The van der Waals surface area contributed by atoms with Gasteiger partial charge in [-0.3, -0.25) is 9.59 Å². The van der Waals surface area contributed by atoms with Crippen molar-refractivity contribution < 1.29 is 19.5 Å². The van der Waals surface area contributed by atoms with Crippen LogP contribution in [0.5, 0.6) is 0 Å². The molecule has 0 radical (unpaired) electrons. The molecule has 0 aliphatic heterocycles. The standard InChI is InChI=1S/C14H27N3O4/c1-11(2)9-16-12(18)10-17-14(21)15-8-6-4-3-5-7-13(19)20/h11H,3-10H2,1-2H3,(H,16,18)(H,19,20)(H2,15,17,21). The van der Waals surface area contributed by atoms with E-state index in [1.807, 2.05) is 13.8 Å². The Hall–Kier alpha value is -1.79. The fourth-order valence-electron chi connectivity index (χ4n) is 1.56. The fourth-order valence-corrected chi connectivity index (χ4v) is 1.56. The van der Waals surface area contributed by atoms with Gasteiger partial charge in [0.15, 0.2) is 0 Å². The Morgan fingerprint density at radius 2 is 1.62 bits per heavy atom. The highest BCUT2D eigenvalue weighted by molar-refractivity contribution is 5.83. The minimum atomic E-state index is -0.775. The summed E-state index contributed by atoms with van der Waals surface area (Å²) in [6, 6.07) is -0.361. The Morgan fingerprint density at radius 1 is 0.952 bits per heavy atom. The number of rotatable bonds is 11. The van der Waals surface area contributed by atoms with Crippen LogP contribution in [-0.2, 0) is 9.59 Å². The van der Waals surface area contributed by atoms with Gasteiger partial charge in [-0.05, 0) is 18.8 Å². The predicted octanol–water partition coefficient (Wildman–Crippen LogP) is 1.09. The zero-order valence-corrected chi connectivity index (χ0v) is 12.9. The minimum absolute atomic E-state index is 0.0306. The first-order valence-corrected chi connectivity index (χ1v) is 7.42. The number of aliphatic carboxylic acids is 1. The van der Waals surface area contributed by atoms with Crippen LogP contribution in [0.2, 0.25) is 0 Å². The van der Waals surface area contributed by atoms with Crippen molar-refractivity contribution in [2.45, 2.75) is 46.0 Å². The molecule has 3 amide bonds. The van der Waals surface area contributed by atoms with Crippen molar-refractivity contribution in [3.05, 3.63) is 0 Å². The molecule has 0 unspecified atom stereocenters. The number of carbonyl (C=O) groups is 3. The Bertz CT molecular complexity index is 332. The molecule has 0 aromatic heterocycles. The van der Waals surface area contributed by atoms with Crippen LogP contribution in [0.1, 0.15) is 46.0 Å². The predicted molar refractivity (Wildman–Crippen MR) is 80.0 cm³/mol. The summed E-state index contributed by atoms with van der Waals surface area (Å²) >= 11 is 0. The van der Waals surface area contributed by atoms with Gasteiger partial charge in [0, 0.05) is 19.5 Å². The van der Waals surface area contributed by atoms with Crippen molar-refractivity contribution in [2.75, 3.05) is 19.6 Å². The number of carboxylic acids is 1. The fraction of sp³-hybridized carbons (Fsp3) is 0.786. The van der Waals surface area contributed by atoms with Gasteiger partial charge < -0.3 is 21.1 Å². The molecule has 0 aliphatic rings. The van der Waals surface area contributed by atoms with Gasteiger partial charge in [0.1, 0.15) is 0 Å². The maximum absolute atomic E-state index is 11.4. The van der Waals surface area contributed by atoms with E-state index in [0.717, 1.165) is 19.3 Å². The summed E-state index contributed by atoms with van der Waals surface area (Å²) in [5.41, 5.74) is 0. The Balaban J connectivity index is 3.42. The molecule has 7 heteroatoms. The normalized spacial score (nSPS) is 10.2. The molecular weight excluding hydrogens is 274 g/mol. The molecule has 7 nitrogen and oxygen atoms in total. The molecule has 122 valence electrons. The number of hydrogen-bond donors (Lipinski definition) is 4. The van der Waals surface area contributed by atoms with E-state index >= 15 is 0 Å². The Kier molecular flexibility index (Phi) is 11.0. The molecule has 21 heavy (non-hydrogen) atoms. The first kappa shape index (κ1) is 19.2. The van der Waals surface area contributed by atoms with Gasteiger partial charge in [-0.15, -0.1) is 0 Å². The lowest BCUT2D eigenvalue weighted by atomic mass is 10.1. The third kappa shape index (κ3) is 14.4. The van der Waals surface area contributed by atoms with Crippen molar-refractivity contribution in [3.63, 3.8) is 0 Å². The van der Waals surface area contributed by atoms with Crippen molar-refractivity contribution in [1.29, 1.82) is 0 Å². The smallest absolute Gasteiger partial charge is 0.315 e. The van der Waals surface area contributed by atoms with E-state index in [-0.39, 0.29) is 24.9 Å². The largest absolute Gasteiger partial charge is 0.481 e. The highest BCUT2D eigenvalue weighted by Crippen LogP contribution is 2.01. The van der Waals surface area contributed by atoms with Crippen LogP contribution in [0, 0.1) is 5.92 Å². The van der Waals surface area contributed by atoms with E-state index in [1.165, 1.54) is 0 Å². The summed E-state index contributed by atoms with van der Waals surface area (Å²) < 4.78 is 0. The number of amides is 3. The lowest BCUT2D eigenvalue weighted by molar-refractivity contribution is -0.137. The van der Waals surface area contributed by atoms with E-state index in [2.05, 4.69) is 16.0 Å². The Morgan fingerprint density at radius 3 is 2.24 bits per heavy atom. The average Bonchev–Trinajstić information content (AvgIpc) is 2.41. The second kappa shape index (κ2) is 12.0. The number of nitrogens with one attached hydrogen (secondary N) is 3. The molecule has 0 aliphatic carbocycles. The molecule has 0 atom stereocenters. The van der Waals surface area contributed by atoms with Crippen LogP contribution in [-0.4, -0.2) is 42.6 Å². The van der Waals surface area contributed by atoms with Crippen LogP contribution < -0.4 is 16.0 Å². The quantitative estimate of drug-likeness (QED) is 0.428. The van der Waals surface area contributed by atoms with Crippen molar-refractivity contribution in [2.24, 2.45) is 5.92 Å². The monoisotopic (exact) mass is 301 g/mol. The molecule has 0 heterocycles. The second-order valence-electron chi connectivity index (χ2n) is 5.37. The summed E-state index contributed by atoms with van der Waals surface area (Å²) in [4.78, 5) is 33.0.